The SMILES string of the molecule is CNC(=O)Nc1ccc2c(c1)nnn2C. The summed E-state index contributed by atoms with van der Waals surface area (Å²) in [6.07, 6.45) is 0. The zero-order chi connectivity index (χ0) is 10.8. The Hall–Kier alpha value is -2.11. The maximum atomic E-state index is 11.1. The van der Waals surface area contributed by atoms with Crippen molar-refractivity contribution in [2.24, 2.45) is 7.05 Å². The van der Waals surface area contributed by atoms with Gasteiger partial charge in [-0.25, -0.2) is 9.48 Å². The molecule has 0 spiro atoms. The van der Waals surface area contributed by atoms with Gasteiger partial charge in [0.15, 0.2) is 0 Å². The van der Waals surface area contributed by atoms with Gasteiger partial charge in [0.2, 0.25) is 0 Å². The highest BCUT2D eigenvalue weighted by molar-refractivity contribution is 5.91. The first-order chi connectivity index (χ1) is 7.20. The number of anilines is 1. The first-order valence-corrected chi connectivity index (χ1v) is 4.49. The monoisotopic (exact) mass is 205 g/mol. The van der Waals surface area contributed by atoms with E-state index in [4.69, 9.17) is 0 Å². The predicted octanol–water partition coefficient (Wildman–Crippen LogP) is 0.720. The Labute approximate surface area is 86.3 Å². The van der Waals surface area contributed by atoms with Gasteiger partial charge in [-0.1, -0.05) is 5.21 Å². The number of aromatic nitrogens is 3. The van der Waals surface area contributed by atoms with E-state index in [-0.39, 0.29) is 6.03 Å². The molecule has 0 aliphatic rings. The molecule has 1 aromatic carbocycles. The van der Waals surface area contributed by atoms with Crippen molar-refractivity contribution < 1.29 is 4.79 Å². The van der Waals surface area contributed by atoms with Gasteiger partial charge in [-0.05, 0) is 18.2 Å². The number of carbonyl (C=O) groups excluding carboxylic acids is 1. The van der Waals surface area contributed by atoms with Crippen LogP contribution < -0.4 is 10.6 Å². The van der Waals surface area contributed by atoms with Crippen molar-refractivity contribution in [1.82, 2.24) is 20.3 Å². The highest BCUT2D eigenvalue weighted by Gasteiger charge is 2.03. The van der Waals surface area contributed by atoms with Gasteiger partial charge < -0.3 is 10.6 Å². The second-order valence-electron chi connectivity index (χ2n) is 3.12. The van der Waals surface area contributed by atoms with Gasteiger partial charge in [-0.15, -0.1) is 5.10 Å². The normalized spacial score (nSPS) is 10.3. The van der Waals surface area contributed by atoms with Crippen LogP contribution in [0.4, 0.5) is 10.5 Å². The van der Waals surface area contributed by atoms with Crippen LogP contribution in [0.25, 0.3) is 11.0 Å². The summed E-state index contributed by atoms with van der Waals surface area (Å²) in [6.45, 7) is 0. The first-order valence-electron chi connectivity index (χ1n) is 4.49. The number of fused-ring (bicyclic) bond motifs is 1. The number of nitrogens with one attached hydrogen (secondary N) is 2. The predicted molar refractivity (Wildman–Crippen MR) is 56.6 cm³/mol. The molecule has 2 N–H and O–H groups in total. The third kappa shape index (κ3) is 1.74. The number of benzene rings is 1. The van der Waals surface area contributed by atoms with Gasteiger partial charge in [0.05, 0.1) is 5.52 Å². The molecule has 0 aliphatic carbocycles. The summed E-state index contributed by atoms with van der Waals surface area (Å²) in [6, 6.07) is 5.19. The van der Waals surface area contributed by atoms with Crippen LogP contribution in [0.2, 0.25) is 0 Å². The molecule has 1 aromatic heterocycles. The molecule has 0 atom stereocenters. The van der Waals surface area contributed by atoms with E-state index in [1.807, 2.05) is 13.1 Å². The van der Waals surface area contributed by atoms with Crippen LogP contribution in [0.1, 0.15) is 0 Å². The minimum Gasteiger partial charge on any atom is -0.341 e. The Morgan fingerprint density at radius 3 is 3.00 bits per heavy atom. The second kappa shape index (κ2) is 3.56. The lowest BCUT2D eigenvalue weighted by Crippen LogP contribution is -2.24. The van der Waals surface area contributed by atoms with E-state index in [0.717, 1.165) is 11.0 Å². The Balaban J connectivity index is 2.35. The van der Waals surface area contributed by atoms with Crippen LogP contribution in [0.5, 0.6) is 0 Å². The van der Waals surface area contributed by atoms with Crippen LogP contribution in [-0.4, -0.2) is 28.1 Å². The van der Waals surface area contributed by atoms with Crippen molar-refractivity contribution in [3.8, 4) is 0 Å². The van der Waals surface area contributed by atoms with Crippen LogP contribution in [0, 0.1) is 0 Å². The molecular weight excluding hydrogens is 194 g/mol. The van der Waals surface area contributed by atoms with Crippen LogP contribution in [0.3, 0.4) is 0 Å². The van der Waals surface area contributed by atoms with Gasteiger partial charge in [-0.3, -0.25) is 0 Å². The summed E-state index contributed by atoms with van der Waals surface area (Å²) in [7, 11) is 3.39. The van der Waals surface area contributed by atoms with Crippen LogP contribution >= 0.6 is 0 Å². The van der Waals surface area contributed by atoms with E-state index in [1.54, 1.807) is 23.9 Å². The molecule has 0 aliphatic heterocycles. The summed E-state index contributed by atoms with van der Waals surface area (Å²) in [5.41, 5.74) is 2.38. The maximum absolute atomic E-state index is 11.1. The molecule has 15 heavy (non-hydrogen) atoms. The highest BCUT2D eigenvalue weighted by Crippen LogP contribution is 2.15. The Morgan fingerprint density at radius 2 is 2.27 bits per heavy atom. The van der Waals surface area contributed by atoms with E-state index in [2.05, 4.69) is 20.9 Å². The minimum absolute atomic E-state index is 0.252. The van der Waals surface area contributed by atoms with Crippen molar-refractivity contribution in [2.45, 2.75) is 0 Å². The Bertz CT molecular complexity index is 504. The molecule has 2 aromatic rings. The smallest absolute Gasteiger partial charge is 0.318 e. The van der Waals surface area contributed by atoms with E-state index in [1.165, 1.54) is 0 Å². The number of aryl methyl sites for hydroxylation is 1. The molecular formula is C9H11N5O. The molecule has 0 bridgehead atoms. The topological polar surface area (TPSA) is 71.8 Å². The number of amides is 2. The van der Waals surface area contributed by atoms with Crippen molar-refractivity contribution in [3.05, 3.63) is 18.2 Å². The third-order valence-electron chi connectivity index (χ3n) is 2.10. The summed E-state index contributed by atoms with van der Waals surface area (Å²) < 4.78 is 1.68. The molecule has 6 nitrogen and oxygen atoms in total. The lowest BCUT2D eigenvalue weighted by atomic mass is 10.3. The lowest BCUT2D eigenvalue weighted by molar-refractivity contribution is 0.254. The Kier molecular flexibility index (Phi) is 2.24. The first kappa shape index (κ1) is 9.45. The molecule has 0 saturated carbocycles. The van der Waals surface area contributed by atoms with E-state index >= 15 is 0 Å². The average Bonchev–Trinajstić information content (AvgIpc) is 2.60. The largest absolute Gasteiger partial charge is 0.341 e. The van der Waals surface area contributed by atoms with Gasteiger partial charge in [0.1, 0.15) is 5.52 Å². The van der Waals surface area contributed by atoms with E-state index in [0.29, 0.717) is 5.69 Å². The van der Waals surface area contributed by atoms with Gasteiger partial charge >= 0.3 is 6.03 Å². The third-order valence-corrected chi connectivity index (χ3v) is 2.10. The number of rotatable bonds is 1. The number of urea groups is 1. The zero-order valence-corrected chi connectivity index (χ0v) is 8.48. The molecule has 0 saturated heterocycles. The molecule has 2 amide bonds. The zero-order valence-electron chi connectivity index (χ0n) is 8.48. The van der Waals surface area contributed by atoms with Gasteiger partial charge in [0, 0.05) is 19.8 Å². The van der Waals surface area contributed by atoms with Gasteiger partial charge in [0.25, 0.3) is 0 Å². The molecule has 78 valence electrons. The van der Waals surface area contributed by atoms with Crippen molar-refractivity contribution in [3.63, 3.8) is 0 Å². The highest BCUT2D eigenvalue weighted by atomic mass is 16.2. The molecule has 1 heterocycles. The van der Waals surface area contributed by atoms with Crippen LogP contribution in [0.15, 0.2) is 18.2 Å². The summed E-state index contributed by atoms with van der Waals surface area (Å²) >= 11 is 0. The number of hydrogen-bond donors (Lipinski definition) is 2. The van der Waals surface area contributed by atoms with Crippen molar-refractivity contribution in [2.75, 3.05) is 12.4 Å². The summed E-state index contributed by atoms with van der Waals surface area (Å²) in [5, 5.41) is 13.0. The van der Waals surface area contributed by atoms with E-state index in [9.17, 15) is 4.79 Å². The summed E-state index contributed by atoms with van der Waals surface area (Å²) in [4.78, 5) is 11.1. The lowest BCUT2D eigenvalue weighted by Gasteiger charge is -2.03. The molecule has 2 rings (SSSR count). The molecule has 6 heteroatoms. The fourth-order valence-electron chi connectivity index (χ4n) is 1.31. The fourth-order valence-corrected chi connectivity index (χ4v) is 1.31. The number of carbonyl (C=O) groups is 1. The number of hydrogen-bond acceptors (Lipinski definition) is 3. The fraction of sp³-hybridized carbons (Fsp3) is 0.222. The van der Waals surface area contributed by atoms with Crippen molar-refractivity contribution in [1.29, 1.82) is 0 Å². The number of nitrogens with zero attached hydrogens (tertiary/aromatic N) is 3. The Morgan fingerprint density at radius 1 is 1.47 bits per heavy atom. The maximum Gasteiger partial charge on any atom is 0.318 e. The average molecular weight is 205 g/mol. The summed E-state index contributed by atoms with van der Waals surface area (Å²) in [5.74, 6) is 0. The molecule has 0 fully saturated rings. The second-order valence-corrected chi connectivity index (χ2v) is 3.12. The standard InChI is InChI=1S/C9H11N5O/c1-10-9(15)11-6-3-4-8-7(5-6)12-13-14(8)2/h3-5H,1-2H3,(H2,10,11,15). The minimum atomic E-state index is -0.252. The van der Waals surface area contributed by atoms with Crippen molar-refractivity contribution >= 4 is 22.8 Å². The van der Waals surface area contributed by atoms with Crippen LogP contribution in [-0.2, 0) is 7.05 Å². The molecule has 0 unspecified atom stereocenters. The molecule has 0 radical (unpaired) electrons. The quantitative estimate of drug-likeness (QED) is 0.720. The van der Waals surface area contributed by atoms with Gasteiger partial charge in [-0.2, -0.15) is 0 Å². The van der Waals surface area contributed by atoms with E-state index < -0.39 is 0 Å².